The molecule has 1 rings (SSSR count). The van der Waals surface area contributed by atoms with Gasteiger partial charge >= 0.3 is 6.09 Å². The maximum atomic E-state index is 11.9. The van der Waals surface area contributed by atoms with Gasteiger partial charge in [-0.25, -0.2) is 13.6 Å². The van der Waals surface area contributed by atoms with Crippen molar-refractivity contribution in [2.24, 2.45) is 0 Å². The Bertz CT molecular complexity index is 266. The predicted octanol–water partition coefficient (Wildman–Crippen LogP) is 2.28. The zero-order chi connectivity index (χ0) is 13.1. The summed E-state index contributed by atoms with van der Waals surface area (Å²) in [6.45, 7) is 5.58. The Hall–Kier alpha value is -0.910. The minimum absolute atomic E-state index is 0.309. The zero-order valence-electron chi connectivity index (χ0n) is 10.4. The summed E-state index contributed by atoms with van der Waals surface area (Å²) in [6, 6.07) is 0. The van der Waals surface area contributed by atoms with Crippen LogP contribution in [-0.4, -0.2) is 48.8 Å². The van der Waals surface area contributed by atoms with E-state index in [2.05, 4.69) is 0 Å². The molecule has 0 aromatic rings. The van der Waals surface area contributed by atoms with Gasteiger partial charge in [-0.05, 0) is 27.2 Å². The predicted molar refractivity (Wildman–Crippen MR) is 58.2 cm³/mol. The molecule has 17 heavy (non-hydrogen) atoms. The number of hydrogen-bond acceptors (Lipinski definition) is 3. The number of amides is 1. The third kappa shape index (κ3) is 5.30. The van der Waals surface area contributed by atoms with Crippen molar-refractivity contribution >= 4 is 6.09 Å². The van der Waals surface area contributed by atoms with E-state index < -0.39 is 24.7 Å². The van der Waals surface area contributed by atoms with E-state index in [0.717, 1.165) is 0 Å². The molecule has 1 fully saturated rings. The van der Waals surface area contributed by atoms with E-state index >= 15 is 0 Å². The summed E-state index contributed by atoms with van der Waals surface area (Å²) in [7, 11) is 0. The van der Waals surface area contributed by atoms with Crippen LogP contribution in [0.2, 0.25) is 0 Å². The molecular weight excluding hydrogens is 232 g/mol. The number of hydrogen-bond donors (Lipinski definition) is 0. The second-order valence-corrected chi connectivity index (χ2v) is 5.06. The first-order valence-electron chi connectivity index (χ1n) is 5.65. The van der Waals surface area contributed by atoms with Crippen LogP contribution in [0.15, 0.2) is 0 Å². The maximum absolute atomic E-state index is 11.9. The Morgan fingerprint density at radius 1 is 1.47 bits per heavy atom. The average Bonchev–Trinajstić information content (AvgIpc) is 2.60. The molecule has 0 spiro atoms. The average molecular weight is 251 g/mol. The largest absolute Gasteiger partial charge is 0.444 e. The lowest BCUT2D eigenvalue weighted by atomic mass is 10.2. The van der Waals surface area contributed by atoms with Gasteiger partial charge in [0.15, 0.2) is 0 Å². The Kier molecular flexibility index (Phi) is 4.68. The molecular formula is C11H19F2NO3. The lowest BCUT2D eigenvalue weighted by molar-refractivity contribution is -0.0216. The van der Waals surface area contributed by atoms with E-state index in [-0.39, 0.29) is 6.10 Å². The highest BCUT2D eigenvalue weighted by molar-refractivity contribution is 5.68. The molecule has 0 aromatic heterocycles. The zero-order valence-corrected chi connectivity index (χ0v) is 10.4. The van der Waals surface area contributed by atoms with E-state index in [4.69, 9.17) is 9.47 Å². The summed E-state index contributed by atoms with van der Waals surface area (Å²) in [4.78, 5) is 13.1. The lowest BCUT2D eigenvalue weighted by Crippen LogP contribution is -2.36. The first-order valence-corrected chi connectivity index (χ1v) is 5.65. The highest BCUT2D eigenvalue weighted by atomic mass is 19.3. The summed E-state index contributed by atoms with van der Waals surface area (Å²) >= 11 is 0. The number of halogens is 2. The van der Waals surface area contributed by atoms with Crippen LogP contribution in [0.5, 0.6) is 0 Å². The normalized spacial score (nSPS) is 21.1. The van der Waals surface area contributed by atoms with Gasteiger partial charge in [-0.3, -0.25) is 0 Å². The van der Waals surface area contributed by atoms with E-state index in [1.54, 1.807) is 20.8 Å². The van der Waals surface area contributed by atoms with Crippen molar-refractivity contribution in [2.75, 3.05) is 19.7 Å². The summed E-state index contributed by atoms with van der Waals surface area (Å²) in [5.74, 6) is 0. The lowest BCUT2D eigenvalue weighted by Gasteiger charge is -2.24. The van der Waals surface area contributed by atoms with Crippen LogP contribution >= 0.6 is 0 Å². The Balaban J connectivity index is 2.32. The second-order valence-electron chi connectivity index (χ2n) is 5.06. The molecule has 1 aliphatic rings. The Morgan fingerprint density at radius 2 is 2.12 bits per heavy atom. The van der Waals surface area contributed by atoms with Crippen LogP contribution in [0.4, 0.5) is 13.6 Å². The van der Waals surface area contributed by atoms with E-state index in [0.29, 0.717) is 19.5 Å². The number of rotatable bonds is 3. The highest BCUT2D eigenvalue weighted by Gasteiger charge is 2.30. The van der Waals surface area contributed by atoms with Gasteiger partial charge in [0, 0.05) is 6.54 Å². The van der Waals surface area contributed by atoms with Crippen LogP contribution in [0.25, 0.3) is 0 Å². The molecule has 0 N–H and O–H groups in total. The fraction of sp³-hybridized carbons (Fsp3) is 0.909. The van der Waals surface area contributed by atoms with Gasteiger partial charge in [-0.1, -0.05) is 0 Å². The van der Waals surface area contributed by atoms with Crippen LogP contribution in [0, 0.1) is 0 Å². The summed E-state index contributed by atoms with van der Waals surface area (Å²) in [6.07, 6.45) is -2.62. The fourth-order valence-corrected chi connectivity index (χ4v) is 1.57. The second kappa shape index (κ2) is 5.62. The smallest absolute Gasteiger partial charge is 0.410 e. The number of nitrogens with zero attached hydrogens (tertiary/aromatic N) is 1. The first kappa shape index (κ1) is 14.2. The number of carbonyl (C=O) groups is 1. The quantitative estimate of drug-likeness (QED) is 0.772. The van der Waals surface area contributed by atoms with Gasteiger partial charge in [0.25, 0.3) is 6.43 Å². The SMILES string of the molecule is CC(C)(C)OC(=O)N1CC[C@@H](OCC(F)F)C1. The van der Waals surface area contributed by atoms with Gasteiger partial charge in [0.05, 0.1) is 12.6 Å². The highest BCUT2D eigenvalue weighted by Crippen LogP contribution is 2.17. The maximum Gasteiger partial charge on any atom is 0.410 e. The molecule has 1 heterocycles. The Morgan fingerprint density at radius 3 is 2.65 bits per heavy atom. The van der Waals surface area contributed by atoms with Crippen molar-refractivity contribution in [3.05, 3.63) is 0 Å². The molecule has 0 radical (unpaired) electrons. The van der Waals surface area contributed by atoms with E-state index in [1.807, 2.05) is 0 Å². The minimum Gasteiger partial charge on any atom is -0.444 e. The molecule has 1 aliphatic heterocycles. The van der Waals surface area contributed by atoms with Gasteiger partial charge < -0.3 is 14.4 Å². The van der Waals surface area contributed by atoms with E-state index in [1.165, 1.54) is 4.90 Å². The fourth-order valence-electron chi connectivity index (χ4n) is 1.57. The summed E-state index contributed by atoms with van der Waals surface area (Å²) < 4.78 is 34.0. The minimum atomic E-state index is -2.47. The molecule has 0 aliphatic carbocycles. The molecule has 1 saturated heterocycles. The number of carbonyl (C=O) groups excluding carboxylic acids is 1. The van der Waals surface area contributed by atoms with Gasteiger partial charge in [-0.2, -0.15) is 0 Å². The van der Waals surface area contributed by atoms with Crippen molar-refractivity contribution in [3.63, 3.8) is 0 Å². The first-order chi connectivity index (χ1) is 7.78. The van der Waals surface area contributed by atoms with E-state index in [9.17, 15) is 13.6 Å². The molecule has 100 valence electrons. The number of alkyl halides is 2. The molecule has 0 aromatic carbocycles. The molecule has 1 amide bonds. The molecule has 0 bridgehead atoms. The van der Waals surface area contributed by atoms with Crippen molar-refractivity contribution in [2.45, 2.75) is 45.3 Å². The molecule has 1 atom stereocenters. The van der Waals surface area contributed by atoms with Crippen molar-refractivity contribution in [1.82, 2.24) is 4.90 Å². The van der Waals surface area contributed by atoms with Gasteiger partial charge in [-0.15, -0.1) is 0 Å². The molecule has 0 unspecified atom stereocenters. The number of ether oxygens (including phenoxy) is 2. The molecule has 0 saturated carbocycles. The van der Waals surface area contributed by atoms with Crippen molar-refractivity contribution < 1.29 is 23.0 Å². The third-order valence-corrected chi connectivity index (χ3v) is 2.25. The summed E-state index contributed by atoms with van der Waals surface area (Å²) in [5.41, 5.74) is -0.543. The van der Waals surface area contributed by atoms with Crippen LogP contribution in [0.1, 0.15) is 27.2 Å². The topological polar surface area (TPSA) is 38.8 Å². The number of likely N-dealkylation sites (tertiary alicyclic amines) is 1. The van der Waals surface area contributed by atoms with Crippen molar-refractivity contribution in [3.8, 4) is 0 Å². The molecule has 6 heteroatoms. The van der Waals surface area contributed by atoms with Crippen LogP contribution in [-0.2, 0) is 9.47 Å². The van der Waals surface area contributed by atoms with Gasteiger partial charge in [0.2, 0.25) is 0 Å². The third-order valence-electron chi connectivity index (χ3n) is 2.25. The van der Waals surface area contributed by atoms with Crippen LogP contribution < -0.4 is 0 Å². The summed E-state index contributed by atoms with van der Waals surface area (Å²) in [5, 5.41) is 0. The van der Waals surface area contributed by atoms with Gasteiger partial charge in [0.1, 0.15) is 12.2 Å². The molecule has 4 nitrogen and oxygen atoms in total. The van der Waals surface area contributed by atoms with Crippen LogP contribution in [0.3, 0.4) is 0 Å². The Labute approximate surface area is 99.9 Å². The standard InChI is InChI=1S/C11H19F2NO3/c1-11(2,3)17-10(15)14-5-4-8(6-14)16-7-9(12)13/h8-9H,4-7H2,1-3H3/t8-/m1/s1. The van der Waals surface area contributed by atoms with Crippen molar-refractivity contribution in [1.29, 1.82) is 0 Å². The monoisotopic (exact) mass is 251 g/mol.